The number of hydrogen-bond acceptors (Lipinski definition) is 4. The lowest BCUT2D eigenvalue weighted by atomic mass is 10.2. The van der Waals surface area contributed by atoms with Gasteiger partial charge in [-0.25, -0.2) is 8.42 Å². The van der Waals surface area contributed by atoms with Crippen LogP contribution >= 0.6 is 0 Å². The molecular formula is C23H24N2O4S. The second-order valence-electron chi connectivity index (χ2n) is 7.01. The highest BCUT2D eigenvalue weighted by atomic mass is 32.2. The number of carbonyl (C=O) groups excluding carboxylic acids is 1. The van der Waals surface area contributed by atoms with Crippen LogP contribution in [-0.2, 0) is 14.8 Å². The van der Waals surface area contributed by atoms with Crippen LogP contribution < -0.4 is 14.8 Å². The van der Waals surface area contributed by atoms with Gasteiger partial charge in [0.25, 0.3) is 15.9 Å². The van der Waals surface area contributed by atoms with Crippen molar-refractivity contribution in [2.45, 2.75) is 31.8 Å². The number of amides is 1. The van der Waals surface area contributed by atoms with Crippen LogP contribution in [0.15, 0.2) is 77.7 Å². The summed E-state index contributed by atoms with van der Waals surface area (Å²) < 4.78 is 33.5. The normalized spacial score (nSPS) is 12.1. The quantitative estimate of drug-likeness (QED) is 0.584. The maximum absolute atomic E-state index is 12.6. The highest BCUT2D eigenvalue weighted by molar-refractivity contribution is 7.92. The van der Waals surface area contributed by atoms with Crippen LogP contribution in [0.25, 0.3) is 0 Å². The molecule has 0 saturated heterocycles. The lowest BCUT2D eigenvalue weighted by Gasteiger charge is -2.16. The Hall–Kier alpha value is -3.32. The number of hydrogen-bond donors (Lipinski definition) is 2. The maximum atomic E-state index is 12.6. The number of benzene rings is 3. The van der Waals surface area contributed by atoms with Crippen molar-refractivity contribution in [3.05, 3.63) is 83.9 Å². The summed E-state index contributed by atoms with van der Waals surface area (Å²) in [5, 5.41) is 2.77. The molecule has 30 heavy (non-hydrogen) atoms. The van der Waals surface area contributed by atoms with E-state index in [4.69, 9.17) is 4.74 Å². The summed E-state index contributed by atoms with van der Waals surface area (Å²) in [6, 6.07) is 20.6. The van der Waals surface area contributed by atoms with Gasteiger partial charge in [-0.1, -0.05) is 36.4 Å². The molecule has 0 aliphatic carbocycles. The largest absolute Gasteiger partial charge is 0.481 e. The number of sulfonamides is 1. The van der Waals surface area contributed by atoms with Gasteiger partial charge < -0.3 is 10.1 Å². The van der Waals surface area contributed by atoms with E-state index in [9.17, 15) is 13.2 Å². The van der Waals surface area contributed by atoms with E-state index in [1.54, 1.807) is 56.3 Å². The van der Waals surface area contributed by atoms with Gasteiger partial charge in [0.2, 0.25) is 0 Å². The Kier molecular flexibility index (Phi) is 6.42. The molecule has 3 rings (SSSR count). The average molecular weight is 425 g/mol. The molecule has 3 aromatic carbocycles. The first-order valence-corrected chi connectivity index (χ1v) is 11.0. The van der Waals surface area contributed by atoms with E-state index in [1.165, 1.54) is 12.1 Å². The molecule has 0 heterocycles. The van der Waals surface area contributed by atoms with Gasteiger partial charge in [0, 0.05) is 5.69 Å². The molecule has 2 N–H and O–H groups in total. The number of aryl methyl sites for hydroxylation is 2. The van der Waals surface area contributed by atoms with Crippen LogP contribution in [0.1, 0.15) is 18.1 Å². The fourth-order valence-electron chi connectivity index (χ4n) is 2.80. The minimum absolute atomic E-state index is 0.166. The van der Waals surface area contributed by atoms with Gasteiger partial charge in [0.15, 0.2) is 6.10 Å². The van der Waals surface area contributed by atoms with E-state index < -0.39 is 16.1 Å². The van der Waals surface area contributed by atoms with Crippen molar-refractivity contribution in [1.82, 2.24) is 0 Å². The van der Waals surface area contributed by atoms with E-state index in [0.29, 0.717) is 17.1 Å². The van der Waals surface area contributed by atoms with Crippen molar-refractivity contribution in [2.75, 3.05) is 10.0 Å². The number of nitrogens with one attached hydrogen (secondary N) is 2. The number of carbonyl (C=O) groups is 1. The highest BCUT2D eigenvalue weighted by Crippen LogP contribution is 2.24. The zero-order valence-electron chi connectivity index (χ0n) is 17.0. The second kappa shape index (κ2) is 9.00. The summed E-state index contributed by atoms with van der Waals surface area (Å²) in [4.78, 5) is 12.7. The molecular weight excluding hydrogens is 400 g/mol. The third-order valence-corrected chi connectivity index (χ3v) is 5.86. The fraction of sp³-hybridized carbons (Fsp3) is 0.174. The monoisotopic (exact) mass is 424 g/mol. The molecule has 0 saturated carbocycles. The van der Waals surface area contributed by atoms with Crippen molar-refractivity contribution in [3.8, 4) is 5.75 Å². The average Bonchev–Trinajstić information content (AvgIpc) is 2.71. The van der Waals surface area contributed by atoms with Gasteiger partial charge >= 0.3 is 0 Å². The summed E-state index contributed by atoms with van der Waals surface area (Å²) in [5.74, 6) is 0.273. The first-order valence-electron chi connectivity index (χ1n) is 9.47. The first kappa shape index (κ1) is 21.4. The fourth-order valence-corrected chi connectivity index (χ4v) is 3.95. The second-order valence-corrected chi connectivity index (χ2v) is 8.70. The molecule has 6 nitrogen and oxygen atoms in total. The molecule has 0 unspecified atom stereocenters. The van der Waals surface area contributed by atoms with Gasteiger partial charge in [-0.05, 0) is 68.3 Å². The third kappa shape index (κ3) is 5.39. The molecule has 1 atom stereocenters. The lowest BCUT2D eigenvalue weighted by Crippen LogP contribution is -2.30. The minimum atomic E-state index is -3.73. The number of ether oxygens (including phenoxy) is 1. The van der Waals surface area contributed by atoms with Crippen LogP contribution in [0.5, 0.6) is 5.75 Å². The Labute approximate surface area is 177 Å². The SMILES string of the molecule is Cc1cccc(O[C@H](C)C(=O)Nc2ccc(C)c(NS(=O)(=O)c3ccccc3)c2)c1. The highest BCUT2D eigenvalue weighted by Gasteiger charge is 2.18. The summed E-state index contributed by atoms with van der Waals surface area (Å²) in [6.45, 7) is 5.39. The standard InChI is InChI=1S/C23H24N2O4S/c1-16-8-7-9-20(14-16)29-18(3)23(26)24-19-13-12-17(2)22(15-19)25-30(27,28)21-10-5-4-6-11-21/h4-15,18,25H,1-3H3,(H,24,26)/t18-/m1/s1. The Morgan fingerprint density at radius 2 is 1.67 bits per heavy atom. The van der Waals surface area contributed by atoms with E-state index in [2.05, 4.69) is 10.0 Å². The first-order chi connectivity index (χ1) is 14.2. The van der Waals surface area contributed by atoms with Crippen LogP contribution in [-0.4, -0.2) is 20.4 Å². The van der Waals surface area contributed by atoms with Gasteiger partial charge in [-0.3, -0.25) is 9.52 Å². The molecule has 156 valence electrons. The Bertz CT molecular complexity index is 1140. The van der Waals surface area contributed by atoms with Crippen molar-refractivity contribution < 1.29 is 17.9 Å². The van der Waals surface area contributed by atoms with E-state index in [1.807, 2.05) is 25.1 Å². The van der Waals surface area contributed by atoms with Crippen molar-refractivity contribution >= 4 is 27.3 Å². The summed E-state index contributed by atoms with van der Waals surface area (Å²) in [5.41, 5.74) is 2.63. The molecule has 0 aromatic heterocycles. The molecule has 0 fully saturated rings. The van der Waals surface area contributed by atoms with E-state index in [-0.39, 0.29) is 10.8 Å². The van der Waals surface area contributed by atoms with E-state index >= 15 is 0 Å². The molecule has 0 radical (unpaired) electrons. The van der Waals surface area contributed by atoms with Gasteiger partial charge in [0.05, 0.1) is 10.6 Å². The Morgan fingerprint density at radius 1 is 0.933 bits per heavy atom. The summed E-state index contributed by atoms with van der Waals surface area (Å²) in [7, 11) is -3.73. The van der Waals surface area contributed by atoms with Crippen molar-refractivity contribution in [2.24, 2.45) is 0 Å². The van der Waals surface area contributed by atoms with Gasteiger partial charge in [-0.2, -0.15) is 0 Å². The zero-order valence-corrected chi connectivity index (χ0v) is 17.9. The lowest BCUT2D eigenvalue weighted by molar-refractivity contribution is -0.122. The van der Waals surface area contributed by atoms with Crippen LogP contribution in [0.2, 0.25) is 0 Å². The van der Waals surface area contributed by atoms with Crippen LogP contribution in [0, 0.1) is 13.8 Å². The molecule has 1 amide bonds. The van der Waals surface area contributed by atoms with Gasteiger partial charge in [-0.15, -0.1) is 0 Å². The number of rotatable bonds is 7. The summed E-state index contributed by atoms with van der Waals surface area (Å²) >= 11 is 0. The smallest absolute Gasteiger partial charge is 0.265 e. The zero-order chi connectivity index (χ0) is 21.7. The molecule has 0 aliphatic heterocycles. The number of anilines is 2. The van der Waals surface area contributed by atoms with Gasteiger partial charge in [0.1, 0.15) is 5.75 Å². The third-order valence-electron chi connectivity index (χ3n) is 4.47. The summed E-state index contributed by atoms with van der Waals surface area (Å²) in [6.07, 6.45) is -0.724. The molecule has 7 heteroatoms. The molecule has 3 aromatic rings. The van der Waals surface area contributed by atoms with E-state index in [0.717, 1.165) is 11.1 Å². The molecule has 0 bridgehead atoms. The maximum Gasteiger partial charge on any atom is 0.265 e. The van der Waals surface area contributed by atoms with Crippen LogP contribution in [0.3, 0.4) is 0 Å². The molecule has 0 spiro atoms. The predicted octanol–water partition coefficient (Wildman–Crippen LogP) is 4.51. The minimum Gasteiger partial charge on any atom is -0.481 e. The van der Waals surface area contributed by atoms with Crippen LogP contribution in [0.4, 0.5) is 11.4 Å². The topological polar surface area (TPSA) is 84.5 Å². The Balaban J connectivity index is 1.72. The van der Waals surface area contributed by atoms with Crippen molar-refractivity contribution in [3.63, 3.8) is 0 Å². The molecule has 0 aliphatic rings. The van der Waals surface area contributed by atoms with Crippen molar-refractivity contribution in [1.29, 1.82) is 0 Å². The predicted molar refractivity (Wildman–Crippen MR) is 118 cm³/mol. The Morgan fingerprint density at radius 3 is 2.37 bits per heavy atom.